The molecule has 0 spiro atoms. The van der Waals surface area contributed by atoms with Gasteiger partial charge in [-0.3, -0.25) is 9.97 Å². The Balaban J connectivity index is 2.05. The number of hydrogen-bond acceptors (Lipinski definition) is 5. The van der Waals surface area contributed by atoms with Crippen molar-refractivity contribution < 1.29 is 4.74 Å². The van der Waals surface area contributed by atoms with Gasteiger partial charge in [0.25, 0.3) is 0 Å². The van der Waals surface area contributed by atoms with Crippen molar-refractivity contribution in [2.45, 2.75) is 13.8 Å². The van der Waals surface area contributed by atoms with E-state index in [9.17, 15) is 0 Å². The monoisotopic (exact) mass is 254 g/mol. The van der Waals surface area contributed by atoms with Crippen LogP contribution in [-0.4, -0.2) is 21.8 Å². The third-order valence-electron chi connectivity index (χ3n) is 2.19. The summed E-state index contributed by atoms with van der Waals surface area (Å²) >= 11 is 0. The molecule has 2 aromatic heterocycles. The highest BCUT2D eigenvalue weighted by Crippen LogP contribution is 2.11. The molecule has 2 aromatic rings. The Bertz CT molecular complexity index is 525. The highest BCUT2D eigenvalue weighted by atomic mass is 16.5. The molecule has 0 amide bonds. The number of hydrogen-bond donors (Lipinski definition) is 0. The molecule has 0 aliphatic carbocycles. The summed E-state index contributed by atoms with van der Waals surface area (Å²) < 4.78 is 5.52. The van der Waals surface area contributed by atoms with Gasteiger partial charge in [-0.15, -0.1) is 0 Å². The quantitative estimate of drug-likeness (QED) is 0.610. The van der Waals surface area contributed by atoms with Crippen LogP contribution >= 0.6 is 0 Å². The lowest BCUT2D eigenvalue weighted by Crippen LogP contribution is -2.05. The minimum Gasteiger partial charge on any atom is -0.429 e. The molecule has 0 fully saturated rings. The third-order valence-corrected chi connectivity index (χ3v) is 2.19. The maximum Gasteiger partial charge on any atom is 0.193 e. The minimum atomic E-state index is 0.529. The van der Waals surface area contributed by atoms with Crippen LogP contribution in [0.5, 0.6) is 0 Å². The van der Waals surface area contributed by atoms with E-state index in [4.69, 9.17) is 4.74 Å². The fourth-order valence-corrected chi connectivity index (χ4v) is 1.46. The first kappa shape index (κ1) is 12.9. The van der Waals surface area contributed by atoms with Crippen molar-refractivity contribution in [1.82, 2.24) is 9.97 Å². The molecule has 96 valence electrons. The maximum atomic E-state index is 5.52. The molecule has 0 aliphatic rings. The number of aliphatic imine (C=N–C) groups is 2. The zero-order valence-electron chi connectivity index (χ0n) is 10.8. The topological polar surface area (TPSA) is 59.7 Å². The zero-order valence-corrected chi connectivity index (χ0v) is 10.8. The van der Waals surface area contributed by atoms with E-state index in [1.807, 2.05) is 24.3 Å². The fourth-order valence-electron chi connectivity index (χ4n) is 1.46. The van der Waals surface area contributed by atoms with Crippen molar-refractivity contribution >= 4 is 23.2 Å². The second-order valence-corrected chi connectivity index (χ2v) is 3.77. The second kappa shape index (κ2) is 6.39. The summed E-state index contributed by atoms with van der Waals surface area (Å²) in [6.45, 7) is 3.57. The highest BCUT2D eigenvalue weighted by Gasteiger charge is 1.98. The molecule has 5 heteroatoms. The average molecular weight is 254 g/mol. The van der Waals surface area contributed by atoms with Gasteiger partial charge in [0, 0.05) is 38.6 Å². The Labute approximate surface area is 111 Å². The smallest absolute Gasteiger partial charge is 0.193 e. The van der Waals surface area contributed by atoms with Crippen LogP contribution in [0.4, 0.5) is 11.4 Å². The van der Waals surface area contributed by atoms with Crippen LogP contribution in [0.15, 0.2) is 59.0 Å². The molecule has 0 aliphatic heterocycles. The summed E-state index contributed by atoms with van der Waals surface area (Å²) in [6, 6.07) is 7.23. The molecule has 0 saturated heterocycles. The van der Waals surface area contributed by atoms with E-state index in [2.05, 4.69) is 20.0 Å². The van der Waals surface area contributed by atoms with Gasteiger partial charge in [-0.05, 0) is 24.3 Å². The van der Waals surface area contributed by atoms with Crippen LogP contribution in [0.2, 0.25) is 0 Å². The van der Waals surface area contributed by atoms with Crippen molar-refractivity contribution in [2.24, 2.45) is 9.98 Å². The van der Waals surface area contributed by atoms with E-state index in [0.29, 0.717) is 11.8 Å². The maximum absolute atomic E-state index is 5.52. The summed E-state index contributed by atoms with van der Waals surface area (Å²) in [5.41, 5.74) is 1.59. The first-order valence-corrected chi connectivity index (χ1v) is 5.82. The van der Waals surface area contributed by atoms with Gasteiger partial charge in [-0.1, -0.05) is 0 Å². The van der Waals surface area contributed by atoms with Gasteiger partial charge in [0.15, 0.2) is 11.8 Å². The normalized spacial score (nSPS) is 12.3. The van der Waals surface area contributed by atoms with E-state index < -0.39 is 0 Å². The number of pyridine rings is 2. The molecule has 2 heterocycles. The van der Waals surface area contributed by atoms with E-state index in [-0.39, 0.29) is 0 Å². The predicted molar refractivity (Wildman–Crippen MR) is 75.1 cm³/mol. The Hall–Kier alpha value is -2.56. The number of ether oxygens (including phenoxy) is 1. The standard InChI is InChI=1S/C14H14N4O/c1-11(17-13-3-7-15-8-4-13)19-12(2)18-14-5-9-16-10-6-14/h3-10H,1-2H3. The minimum absolute atomic E-state index is 0.529. The second-order valence-electron chi connectivity index (χ2n) is 3.77. The first-order chi connectivity index (χ1) is 9.24. The lowest BCUT2D eigenvalue weighted by molar-refractivity contribution is 0.537. The summed E-state index contributed by atoms with van der Waals surface area (Å²) in [4.78, 5) is 16.5. The van der Waals surface area contributed by atoms with Crippen molar-refractivity contribution in [3.05, 3.63) is 49.1 Å². The Morgan fingerprint density at radius 3 is 1.53 bits per heavy atom. The summed E-state index contributed by atoms with van der Waals surface area (Å²) in [5, 5.41) is 0. The van der Waals surface area contributed by atoms with E-state index >= 15 is 0 Å². The fraction of sp³-hybridized carbons (Fsp3) is 0.143. The van der Waals surface area contributed by atoms with E-state index in [1.165, 1.54) is 0 Å². The van der Waals surface area contributed by atoms with Crippen LogP contribution in [0.25, 0.3) is 0 Å². The molecular formula is C14H14N4O. The first-order valence-electron chi connectivity index (χ1n) is 5.82. The molecule has 19 heavy (non-hydrogen) atoms. The third kappa shape index (κ3) is 4.31. The van der Waals surface area contributed by atoms with Gasteiger partial charge in [0.2, 0.25) is 0 Å². The lowest BCUT2D eigenvalue weighted by atomic mass is 10.4. The molecule has 0 bridgehead atoms. The van der Waals surface area contributed by atoms with Crippen molar-refractivity contribution in [3.63, 3.8) is 0 Å². The van der Waals surface area contributed by atoms with Gasteiger partial charge in [-0.25, -0.2) is 9.98 Å². The van der Waals surface area contributed by atoms with Crippen LogP contribution in [0.1, 0.15) is 13.8 Å². The SMILES string of the molecule is CC(=Nc1ccncc1)OC(C)=Nc1ccncc1. The lowest BCUT2D eigenvalue weighted by Gasteiger charge is -2.04. The molecule has 0 aromatic carbocycles. The Morgan fingerprint density at radius 1 is 0.789 bits per heavy atom. The molecule has 0 saturated carbocycles. The molecule has 0 radical (unpaired) electrons. The van der Waals surface area contributed by atoms with Gasteiger partial charge < -0.3 is 4.74 Å². The van der Waals surface area contributed by atoms with Crippen LogP contribution in [0, 0.1) is 0 Å². The van der Waals surface area contributed by atoms with Crippen LogP contribution in [-0.2, 0) is 4.74 Å². The van der Waals surface area contributed by atoms with Gasteiger partial charge in [-0.2, -0.15) is 0 Å². The van der Waals surface area contributed by atoms with Crippen molar-refractivity contribution in [2.75, 3.05) is 0 Å². The highest BCUT2D eigenvalue weighted by molar-refractivity contribution is 5.91. The average Bonchev–Trinajstić information content (AvgIpc) is 2.40. The number of nitrogens with zero attached hydrogens (tertiary/aromatic N) is 4. The number of rotatable bonds is 2. The van der Waals surface area contributed by atoms with Crippen molar-refractivity contribution in [3.8, 4) is 0 Å². The van der Waals surface area contributed by atoms with E-state index in [0.717, 1.165) is 11.4 Å². The Kier molecular flexibility index (Phi) is 4.34. The molecular weight excluding hydrogens is 240 g/mol. The van der Waals surface area contributed by atoms with Gasteiger partial charge >= 0.3 is 0 Å². The van der Waals surface area contributed by atoms with Gasteiger partial charge in [0.05, 0.1) is 11.4 Å². The molecule has 0 unspecified atom stereocenters. The predicted octanol–water partition coefficient (Wildman–Crippen LogP) is 3.29. The summed E-state index contributed by atoms with van der Waals surface area (Å²) in [5.74, 6) is 1.06. The zero-order chi connectivity index (χ0) is 13.5. The molecule has 0 atom stereocenters. The van der Waals surface area contributed by atoms with Crippen LogP contribution in [0.3, 0.4) is 0 Å². The van der Waals surface area contributed by atoms with Crippen LogP contribution < -0.4 is 0 Å². The van der Waals surface area contributed by atoms with E-state index in [1.54, 1.807) is 38.6 Å². The number of aromatic nitrogens is 2. The van der Waals surface area contributed by atoms with Crippen molar-refractivity contribution in [1.29, 1.82) is 0 Å². The largest absolute Gasteiger partial charge is 0.429 e. The summed E-state index contributed by atoms with van der Waals surface area (Å²) in [6.07, 6.45) is 6.74. The summed E-state index contributed by atoms with van der Waals surface area (Å²) in [7, 11) is 0. The van der Waals surface area contributed by atoms with Gasteiger partial charge in [0.1, 0.15) is 0 Å². The Morgan fingerprint density at radius 2 is 1.16 bits per heavy atom. The molecule has 2 rings (SSSR count). The molecule has 0 N–H and O–H groups in total. The molecule has 5 nitrogen and oxygen atoms in total.